The lowest BCUT2D eigenvalue weighted by Crippen LogP contribution is -2.29. The Hall–Kier alpha value is -0.955. The van der Waals surface area contributed by atoms with Crippen molar-refractivity contribution in [2.24, 2.45) is 0 Å². The highest BCUT2D eigenvalue weighted by Crippen LogP contribution is 2.13. The van der Waals surface area contributed by atoms with Gasteiger partial charge in [0.05, 0.1) is 0 Å². The fourth-order valence-corrected chi connectivity index (χ4v) is 1.14. The summed E-state index contributed by atoms with van der Waals surface area (Å²) in [6.07, 6.45) is 0. The lowest BCUT2D eigenvalue weighted by molar-refractivity contribution is 0.426. The van der Waals surface area contributed by atoms with Gasteiger partial charge in [-0.3, -0.25) is 0 Å². The molecule has 0 spiro atoms. The van der Waals surface area contributed by atoms with E-state index >= 15 is 0 Å². The van der Waals surface area contributed by atoms with E-state index in [1.165, 1.54) is 0 Å². The smallest absolute Gasteiger partial charge is 0.423 e. The van der Waals surface area contributed by atoms with Crippen LogP contribution in [0.15, 0.2) is 29.2 Å². The Morgan fingerprint density at radius 1 is 1.25 bits per heavy atom. The van der Waals surface area contributed by atoms with Crippen molar-refractivity contribution in [3.8, 4) is 5.40 Å². The van der Waals surface area contributed by atoms with E-state index < -0.39 is 7.12 Å². The predicted octanol–water partition coefficient (Wildman–Crippen LogP) is -0.0604. The molecule has 1 aromatic rings. The van der Waals surface area contributed by atoms with E-state index in [1.807, 2.05) is 5.40 Å². The quantitative estimate of drug-likeness (QED) is 0.379. The number of thioether (sulfide) groups is 1. The fourth-order valence-electron chi connectivity index (χ4n) is 0.761. The molecule has 1 rings (SSSR count). The monoisotopic (exact) mass is 179 g/mol. The van der Waals surface area contributed by atoms with E-state index in [2.05, 4.69) is 0 Å². The van der Waals surface area contributed by atoms with Crippen molar-refractivity contribution in [2.45, 2.75) is 4.90 Å². The van der Waals surface area contributed by atoms with Crippen LogP contribution in [0.5, 0.6) is 0 Å². The van der Waals surface area contributed by atoms with Crippen LogP contribution in [0.25, 0.3) is 0 Å². The largest absolute Gasteiger partial charge is 0.488 e. The minimum atomic E-state index is -1.44. The molecule has 0 aliphatic heterocycles. The first kappa shape index (κ1) is 9.14. The Morgan fingerprint density at radius 3 is 2.25 bits per heavy atom. The fraction of sp³-hybridized carbons (Fsp3) is 0. The number of nitrogens with zero attached hydrogens (tertiary/aromatic N) is 1. The van der Waals surface area contributed by atoms with E-state index in [4.69, 9.17) is 15.3 Å². The molecule has 0 unspecified atom stereocenters. The second-order valence-electron chi connectivity index (χ2n) is 2.14. The minimum Gasteiger partial charge on any atom is -0.423 e. The third kappa shape index (κ3) is 2.27. The highest BCUT2D eigenvalue weighted by Gasteiger charge is 2.09. The maximum absolute atomic E-state index is 8.73. The maximum Gasteiger partial charge on any atom is 0.488 e. The summed E-state index contributed by atoms with van der Waals surface area (Å²) in [6.45, 7) is 0. The van der Waals surface area contributed by atoms with Crippen LogP contribution in [0.1, 0.15) is 0 Å². The molecule has 0 fully saturated rings. The van der Waals surface area contributed by atoms with Gasteiger partial charge >= 0.3 is 7.12 Å². The van der Waals surface area contributed by atoms with Crippen LogP contribution in [0.2, 0.25) is 0 Å². The highest BCUT2D eigenvalue weighted by atomic mass is 32.2. The number of thiocyanates is 1. The Balaban J connectivity index is 2.80. The van der Waals surface area contributed by atoms with Crippen molar-refractivity contribution in [1.29, 1.82) is 5.26 Å². The SMILES string of the molecule is N#CSc1ccc(B(O)O)cc1. The molecule has 0 saturated heterocycles. The predicted molar refractivity (Wildman–Crippen MR) is 47.7 cm³/mol. The van der Waals surface area contributed by atoms with Gasteiger partial charge in [0.2, 0.25) is 0 Å². The second-order valence-corrected chi connectivity index (χ2v) is 2.99. The van der Waals surface area contributed by atoms with Gasteiger partial charge in [-0.2, -0.15) is 5.26 Å². The normalized spacial score (nSPS) is 9.08. The average Bonchev–Trinajstić information content (AvgIpc) is 2.06. The van der Waals surface area contributed by atoms with Crippen molar-refractivity contribution in [2.75, 3.05) is 0 Å². The summed E-state index contributed by atoms with van der Waals surface area (Å²) in [5, 5.41) is 27.7. The molecular weight excluding hydrogens is 173 g/mol. The lowest BCUT2D eigenvalue weighted by Gasteiger charge is -1.98. The van der Waals surface area contributed by atoms with E-state index in [-0.39, 0.29) is 0 Å². The minimum absolute atomic E-state index is 0.428. The number of hydrogen-bond donors (Lipinski definition) is 2. The second kappa shape index (κ2) is 4.17. The molecule has 3 nitrogen and oxygen atoms in total. The van der Waals surface area contributed by atoms with Gasteiger partial charge in [-0.1, -0.05) is 12.1 Å². The first-order chi connectivity index (χ1) is 5.74. The van der Waals surface area contributed by atoms with E-state index in [1.54, 1.807) is 24.3 Å². The molecular formula is C7H6BNO2S. The Kier molecular flexibility index (Phi) is 3.17. The third-order valence-electron chi connectivity index (χ3n) is 1.34. The Morgan fingerprint density at radius 2 is 1.83 bits per heavy atom. The van der Waals surface area contributed by atoms with Gasteiger partial charge < -0.3 is 10.0 Å². The molecule has 0 amide bonds. The average molecular weight is 179 g/mol. The molecule has 5 heteroatoms. The molecule has 1 aromatic carbocycles. The van der Waals surface area contributed by atoms with Crippen LogP contribution in [-0.4, -0.2) is 17.2 Å². The number of rotatable bonds is 2. The van der Waals surface area contributed by atoms with Gasteiger partial charge in [-0.15, -0.1) is 0 Å². The zero-order valence-electron chi connectivity index (χ0n) is 6.14. The molecule has 12 heavy (non-hydrogen) atoms. The van der Waals surface area contributed by atoms with Crippen molar-refractivity contribution >= 4 is 24.3 Å². The van der Waals surface area contributed by atoms with Crippen LogP contribution in [0, 0.1) is 10.7 Å². The van der Waals surface area contributed by atoms with Gasteiger partial charge in [0, 0.05) is 4.90 Å². The lowest BCUT2D eigenvalue weighted by atomic mass is 9.81. The van der Waals surface area contributed by atoms with Crippen molar-refractivity contribution < 1.29 is 10.0 Å². The number of benzene rings is 1. The van der Waals surface area contributed by atoms with Gasteiger partial charge in [-0.05, 0) is 29.4 Å². The third-order valence-corrected chi connectivity index (χ3v) is 1.94. The van der Waals surface area contributed by atoms with Crippen LogP contribution in [0.4, 0.5) is 0 Å². The van der Waals surface area contributed by atoms with Crippen LogP contribution < -0.4 is 5.46 Å². The van der Waals surface area contributed by atoms with Crippen LogP contribution >= 0.6 is 11.8 Å². The van der Waals surface area contributed by atoms with Crippen LogP contribution in [-0.2, 0) is 0 Å². The van der Waals surface area contributed by atoms with E-state index in [0.717, 1.165) is 16.7 Å². The van der Waals surface area contributed by atoms with Gasteiger partial charge in [0.15, 0.2) is 0 Å². The molecule has 0 atom stereocenters. The molecule has 0 heterocycles. The summed E-state index contributed by atoms with van der Waals surface area (Å²) in [5.74, 6) is 0. The molecule has 0 aromatic heterocycles. The summed E-state index contributed by atoms with van der Waals surface area (Å²) in [4.78, 5) is 0.793. The standard InChI is InChI=1S/C7H6BNO2S/c9-5-12-7-3-1-6(2-4-7)8(10)11/h1-4,10-11H. The molecule has 0 saturated carbocycles. The summed E-state index contributed by atoms with van der Waals surface area (Å²) >= 11 is 1.04. The molecule has 2 N–H and O–H groups in total. The first-order valence-corrected chi connectivity index (χ1v) is 4.07. The van der Waals surface area contributed by atoms with Gasteiger partial charge in [0.25, 0.3) is 0 Å². The number of nitriles is 1. The molecule has 0 aliphatic carbocycles. The summed E-state index contributed by atoms with van der Waals surface area (Å²) in [5.41, 5.74) is 0.428. The maximum atomic E-state index is 8.73. The summed E-state index contributed by atoms with van der Waals surface area (Å²) < 4.78 is 0. The van der Waals surface area contributed by atoms with Crippen molar-refractivity contribution in [1.82, 2.24) is 0 Å². The number of hydrogen-bond acceptors (Lipinski definition) is 4. The van der Waals surface area contributed by atoms with Crippen molar-refractivity contribution in [3.63, 3.8) is 0 Å². The summed E-state index contributed by atoms with van der Waals surface area (Å²) in [7, 11) is -1.44. The van der Waals surface area contributed by atoms with Crippen LogP contribution in [0.3, 0.4) is 0 Å². The topological polar surface area (TPSA) is 64.2 Å². The van der Waals surface area contributed by atoms with Gasteiger partial charge in [-0.25, -0.2) is 0 Å². The highest BCUT2D eigenvalue weighted by molar-refractivity contribution is 8.03. The molecule has 0 aliphatic rings. The van der Waals surface area contributed by atoms with Crippen molar-refractivity contribution in [3.05, 3.63) is 24.3 Å². The Bertz CT molecular complexity index is 293. The van der Waals surface area contributed by atoms with E-state index in [0.29, 0.717) is 5.46 Å². The molecule has 0 radical (unpaired) electrons. The summed E-state index contributed by atoms with van der Waals surface area (Å²) in [6, 6.07) is 6.49. The Labute approximate surface area is 74.8 Å². The van der Waals surface area contributed by atoms with E-state index in [9.17, 15) is 0 Å². The molecule has 0 bridgehead atoms. The first-order valence-electron chi connectivity index (χ1n) is 3.26. The zero-order valence-corrected chi connectivity index (χ0v) is 6.95. The van der Waals surface area contributed by atoms with Gasteiger partial charge in [0.1, 0.15) is 5.40 Å². The molecule has 60 valence electrons. The zero-order chi connectivity index (χ0) is 8.97.